The highest BCUT2D eigenvalue weighted by molar-refractivity contribution is 14.2. The van der Waals surface area contributed by atoms with Gasteiger partial charge in [0.15, 0.2) is 0 Å². The number of primary amides is 1. The van der Waals surface area contributed by atoms with Crippen LogP contribution < -0.4 is 11.1 Å². The molecule has 0 spiro atoms. The fourth-order valence-electron chi connectivity index (χ4n) is 4.65. The molecule has 8 heteroatoms. The van der Waals surface area contributed by atoms with Gasteiger partial charge in [-0.2, -0.15) is 0 Å². The molecule has 164 valence electrons. The number of fused-ring (bicyclic) bond motifs is 2. The minimum atomic E-state index is -2.96. The number of benzene rings is 2. The first-order valence-corrected chi connectivity index (χ1v) is 14.8. The lowest BCUT2D eigenvalue weighted by atomic mass is 9.99. The van der Waals surface area contributed by atoms with Crippen molar-refractivity contribution in [2.45, 2.75) is 44.9 Å². The summed E-state index contributed by atoms with van der Waals surface area (Å²) in [5.74, 6) is -1.26. The second kappa shape index (κ2) is 9.28. The van der Waals surface area contributed by atoms with Crippen molar-refractivity contribution in [3.05, 3.63) is 64.2 Å². The highest BCUT2D eigenvalue weighted by Crippen LogP contribution is 2.38. The SMILES string of the molecule is NC(=O)C(Cc1ccccc1)CS(=O)(I)=NC(=O)Nc1c2c(cc3c1CCC3)CCC2. The van der Waals surface area contributed by atoms with Gasteiger partial charge in [0.1, 0.15) is 6.90 Å². The summed E-state index contributed by atoms with van der Waals surface area (Å²) in [6.45, 7) is -2.96. The second-order valence-electron chi connectivity index (χ2n) is 8.27. The third-order valence-corrected chi connectivity index (χ3v) is 8.98. The molecule has 0 saturated carbocycles. The molecule has 0 aliphatic heterocycles. The molecule has 2 aliphatic carbocycles. The lowest BCUT2D eigenvalue weighted by molar-refractivity contribution is -0.121. The Balaban J connectivity index is 1.53. The van der Waals surface area contributed by atoms with Crippen molar-refractivity contribution in [3.63, 3.8) is 0 Å². The average molecular weight is 551 g/mol. The Hall–Kier alpha value is -1.94. The number of urea groups is 1. The number of hydrogen-bond donors (Lipinski definition) is 2. The highest BCUT2D eigenvalue weighted by Gasteiger charge is 2.26. The van der Waals surface area contributed by atoms with Crippen molar-refractivity contribution in [1.82, 2.24) is 0 Å². The number of carbonyl (C=O) groups excluding carboxylic acids is 2. The Morgan fingerprint density at radius 3 is 2.26 bits per heavy atom. The van der Waals surface area contributed by atoms with Crippen LogP contribution in [-0.4, -0.2) is 21.9 Å². The van der Waals surface area contributed by atoms with E-state index in [4.69, 9.17) is 5.73 Å². The highest BCUT2D eigenvalue weighted by atomic mass is 127. The topological polar surface area (TPSA) is 102 Å². The zero-order valence-electron chi connectivity index (χ0n) is 17.2. The number of carbonyl (C=O) groups is 2. The Kier molecular flexibility index (Phi) is 6.66. The fraction of sp³-hybridized carbons (Fsp3) is 0.391. The first kappa shape index (κ1) is 22.3. The van der Waals surface area contributed by atoms with E-state index in [1.165, 1.54) is 22.3 Å². The van der Waals surface area contributed by atoms with E-state index in [1.54, 1.807) is 21.2 Å². The maximum Gasteiger partial charge on any atom is 0.354 e. The van der Waals surface area contributed by atoms with Crippen LogP contribution in [0.25, 0.3) is 0 Å². The largest absolute Gasteiger partial charge is 0.369 e. The summed E-state index contributed by atoms with van der Waals surface area (Å²) in [5, 5.41) is 2.95. The number of anilines is 1. The number of halogens is 1. The van der Waals surface area contributed by atoms with E-state index in [1.807, 2.05) is 30.3 Å². The van der Waals surface area contributed by atoms with Gasteiger partial charge < -0.3 is 11.1 Å². The van der Waals surface area contributed by atoms with Crippen molar-refractivity contribution in [3.8, 4) is 0 Å². The zero-order chi connectivity index (χ0) is 22.0. The lowest BCUT2D eigenvalue weighted by Gasteiger charge is -2.16. The summed E-state index contributed by atoms with van der Waals surface area (Å²) in [5.41, 5.74) is 12.4. The molecule has 0 aromatic heterocycles. The van der Waals surface area contributed by atoms with Crippen LogP contribution in [0.1, 0.15) is 40.7 Å². The van der Waals surface area contributed by atoms with Crippen LogP contribution in [0.2, 0.25) is 0 Å². The minimum Gasteiger partial charge on any atom is -0.369 e. The number of aryl methyl sites for hydroxylation is 2. The maximum absolute atomic E-state index is 13.1. The number of hydrogen-bond acceptors (Lipinski definition) is 3. The van der Waals surface area contributed by atoms with Gasteiger partial charge in [-0.05, 0) is 72.8 Å². The molecule has 0 fully saturated rings. The molecule has 3 N–H and O–H groups in total. The molecule has 2 aromatic carbocycles. The molecule has 2 atom stereocenters. The Labute approximate surface area is 195 Å². The summed E-state index contributed by atoms with van der Waals surface area (Å²) in [4.78, 5) is 24.7. The van der Waals surface area contributed by atoms with Crippen molar-refractivity contribution in [1.29, 1.82) is 0 Å². The van der Waals surface area contributed by atoms with E-state index in [0.717, 1.165) is 49.8 Å². The molecule has 2 aliphatic rings. The van der Waals surface area contributed by atoms with Crippen LogP contribution in [-0.2, 0) is 43.8 Å². The summed E-state index contributed by atoms with van der Waals surface area (Å²) < 4.78 is 17.1. The number of amides is 3. The quantitative estimate of drug-likeness (QED) is 0.412. The molecular formula is C23H26IN3O3S. The third kappa shape index (κ3) is 5.28. The van der Waals surface area contributed by atoms with E-state index in [0.29, 0.717) is 6.42 Å². The van der Waals surface area contributed by atoms with Gasteiger partial charge in [-0.1, -0.05) is 36.4 Å². The monoisotopic (exact) mass is 551 g/mol. The maximum atomic E-state index is 13.1. The second-order valence-corrected chi connectivity index (χ2v) is 14.0. The third-order valence-electron chi connectivity index (χ3n) is 6.06. The van der Waals surface area contributed by atoms with Crippen molar-refractivity contribution < 1.29 is 13.8 Å². The van der Waals surface area contributed by atoms with E-state index in [-0.39, 0.29) is 5.75 Å². The molecule has 0 bridgehead atoms. The molecular weight excluding hydrogens is 525 g/mol. The Morgan fingerprint density at radius 2 is 1.68 bits per heavy atom. The smallest absolute Gasteiger partial charge is 0.354 e. The first-order valence-electron chi connectivity index (χ1n) is 10.6. The zero-order valence-corrected chi connectivity index (χ0v) is 20.2. The van der Waals surface area contributed by atoms with Crippen molar-refractivity contribution >= 4 is 45.7 Å². The molecule has 6 nitrogen and oxygen atoms in total. The van der Waals surface area contributed by atoms with Gasteiger partial charge in [0.2, 0.25) is 5.91 Å². The van der Waals surface area contributed by atoms with Crippen LogP contribution in [0.15, 0.2) is 40.8 Å². The van der Waals surface area contributed by atoms with E-state index in [2.05, 4.69) is 15.7 Å². The van der Waals surface area contributed by atoms with Crippen LogP contribution in [0.3, 0.4) is 0 Å². The van der Waals surface area contributed by atoms with Gasteiger partial charge in [0, 0.05) is 26.9 Å². The fourth-order valence-corrected chi connectivity index (χ4v) is 7.63. The number of nitrogens with zero attached hydrogens (tertiary/aromatic N) is 1. The first-order chi connectivity index (χ1) is 14.8. The molecule has 3 amide bonds. The van der Waals surface area contributed by atoms with Crippen molar-refractivity contribution in [2.24, 2.45) is 16.0 Å². The van der Waals surface area contributed by atoms with Crippen LogP contribution >= 0.6 is 21.2 Å². The Morgan fingerprint density at radius 1 is 1.06 bits per heavy atom. The van der Waals surface area contributed by atoms with Gasteiger partial charge >= 0.3 is 6.03 Å². The summed E-state index contributed by atoms with van der Waals surface area (Å²) >= 11 is 1.69. The summed E-state index contributed by atoms with van der Waals surface area (Å²) in [7, 11) is 0. The van der Waals surface area contributed by atoms with Gasteiger partial charge in [-0.3, -0.25) is 4.79 Å². The van der Waals surface area contributed by atoms with Gasteiger partial charge in [0.25, 0.3) is 0 Å². The molecule has 31 heavy (non-hydrogen) atoms. The van der Waals surface area contributed by atoms with E-state index in [9.17, 15) is 13.8 Å². The van der Waals surface area contributed by atoms with Gasteiger partial charge in [0.05, 0.1) is 11.7 Å². The van der Waals surface area contributed by atoms with Crippen LogP contribution in [0.5, 0.6) is 0 Å². The standard InChI is InChI=1S/C23H26IN3O3S/c24-31(30,14-18(22(25)28)12-15-6-2-1-3-7-15)27-23(29)26-21-19-10-4-8-16(19)13-17-9-5-11-20(17)21/h1-3,6-7,13,18H,4-5,8-12,14H2,(H2,25,28)(H,26,29). The predicted octanol–water partition coefficient (Wildman–Crippen LogP) is 4.36. The summed E-state index contributed by atoms with van der Waals surface area (Å²) in [6, 6.07) is 11.1. The molecule has 2 aromatic rings. The van der Waals surface area contributed by atoms with Crippen LogP contribution in [0, 0.1) is 5.92 Å². The lowest BCUT2D eigenvalue weighted by Crippen LogP contribution is -2.30. The Bertz CT molecular complexity index is 1110. The van der Waals surface area contributed by atoms with Crippen LogP contribution in [0.4, 0.5) is 10.5 Å². The molecule has 0 saturated heterocycles. The van der Waals surface area contributed by atoms with E-state index >= 15 is 0 Å². The number of rotatable bonds is 6. The predicted molar refractivity (Wildman–Crippen MR) is 132 cm³/mol. The molecule has 0 radical (unpaired) electrons. The van der Waals surface area contributed by atoms with Gasteiger partial charge in [-0.25, -0.2) is 9.00 Å². The molecule has 4 rings (SSSR count). The summed E-state index contributed by atoms with van der Waals surface area (Å²) in [6.07, 6.45) is 6.49. The molecule has 0 heterocycles. The number of nitrogens with two attached hydrogens (primary N) is 1. The van der Waals surface area contributed by atoms with Gasteiger partial charge in [-0.15, -0.1) is 4.36 Å². The minimum absolute atomic E-state index is 0.0593. The van der Waals surface area contributed by atoms with E-state index < -0.39 is 24.8 Å². The average Bonchev–Trinajstić information content (AvgIpc) is 3.36. The normalized spacial score (nSPS) is 17.3. The number of nitrogens with one attached hydrogen (secondary N) is 1. The molecule has 2 unspecified atom stereocenters. The van der Waals surface area contributed by atoms with Crippen molar-refractivity contribution in [2.75, 3.05) is 11.1 Å².